The maximum atomic E-state index is 13.2. The third-order valence-electron chi connectivity index (χ3n) is 5.49. The normalized spacial score (nSPS) is 14.3. The Labute approximate surface area is 202 Å². The summed E-state index contributed by atoms with van der Waals surface area (Å²) in [6.07, 6.45) is 1.26. The van der Waals surface area contributed by atoms with Crippen molar-refractivity contribution in [1.29, 1.82) is 0 Å². The number of rotatable bonds is 6. The standard InChI is InChI=1S/C22H23Br2FN4O3/c23-17-11-13(12-18(24)21(17)26)19(30)5-6-20(31)28-9-7-16(8-10-28)29(22(27)32)15-3-1-14(25)2-4-15/h1-4,11-12,16H,5-10,26H2,(H2,27,32). The van der Waals surface area contributed by atoms with Crippen molar-refractivity contribution in [3.05, 3.63) is 56.7 Å². The van der Waals surface area contributed by atoms with Gasteiger partial charge in [-0.25, -0.2) is 9.18 Å². The molecule has 0 saturated carbocycles. The fourth-order valence-corrected chi connectivity index (χ4v) is 4.95. The number of Topliss-reactive ketones (excluding diaryl/α,β-unsaturated/α-hetero) is 1. The number of benzene rings is 2. The Hall–Kier alpha value is -2.46. The number of anilines is 2. The van der Waals surface area contributed by atoms with E-state index in [0.717, 1.165) is 0 Å². The van der Waals surface area contributed by atoms with Crippen LogP contribution >= 0.6 is 31.9 Å². The van der Waals surface area contributed by atoms with Crippen LogP contribution in [-0.2, 0) is 4.79 Å². The molecule has 1 aliphatic heterocycles. The van der Waals surface area contributed by atoms with Crippen molar-refractivity contribution in [2.75, 3.05) is 23.7 Å². The molecule has 32 heavy (non-hydrogen) atoms. The Bertz CT molecular complexity index is 1000. The van der Waals surface area contributed by atoms with Crippen LogP contribution in [0.5, 0.6) is 0 Å². The highest BCUT2D eigenvalue weighted by molar-refractivity contribution is 9.11. The molecule has 1 aliphatic rings. The average Bonchev–Trinajstić information content (AvgIpc) is 2.77. The Morgan fingerprint density at radius 2 is 1.59 bits per heavy atom. The van der Waals surface area contributed by atoms with Gasteiger partial charge in [-0.3, -0.25) is 14.5 Å². The molecule has 0 aliphatic carbocycles. The number of urea groups is 1. The van der Waals surface area contributed by atoms with Crippen molar-refractivity contribution in [2.24, 2.45) is 5.73 Å². The molecule has 3 amide bonds. The minimum absolute atomic E-state index is 0.0878. The topological polar surface area (TPSA) is 110 Å². The van der Waals surface area contributed by atoms with E-state index in [-0.39, 0.29) is 30.6 Å². The number of likely N-dealkylation sites (tertiary alicyclic amines) is 1. The van der Waals surface area contributed by atoms with E-state index < -0.39 is 11.8 Å². The Morgan fingerprint density at radius 1 is 1.03 bits per heavy atom. The van der Waals surface area contributed by atoms with E-state index in [0.29, 0.717) is 51.8 Å². The molecule has 1 heterocycles. The third-order valence-corrected chi connectivity index (χ3v) is 6.80. The lowest BCUT2D eigenvalue weighted by Crippen LogP contribution is -2.50. The minimum atomic E-state index is -0.618. The molecule has 10 heteroatoms. The van der Waals surface area contributed by atoms with E-state index in [2.05, 4.69) is 31.9 Å². The van der Waals surface area contributed by atoms with Crippen LogP contribution < -0.4 is 16.4 Å². The summed E-state index contributed by atoms with van der Waals surface area (Å²) >= 11 is 6.64. The van der Waals surface area contributed by atoms with E-state index in [1.165, 1.54) is 29.2 Å². The van der Waals surface area contributed by atoms with E-state index in [1.54, 1.807) is 17.0 Å². The summed E-state index contributed by atoms with van der Waals surface area (Å²) in [5, 5.41) is 0. The zero-order valence-corrected chi connectivity index (χ0v) is 20.4. The second-order valence-corrected chi connectivity index (χ2v) is 9.28. The maximum Gasteiger partial charge on any atom is 0.319 e. The second kappa shape index (κ2) is 10.4. The van der Waals surface area contributed by atoms with Crippen LogP contribution in [0.2, 0.25) is 0 Å². The molecule has 1 saturated heterocycles. The first-order chi connectivity index (χ1) is 15.2. The molecule has 0 radical (unpaired) electrons. The van der Waals surface area contributed by atoms with Crippen LogP contribution in [0.1, 0.15) is 36.0 Å². The monoisotopic (exact) mass is 568 g/mol. The van der Waals surface area contributed by atoms with Gasteiger partial charge in [-0.05, 0) is 81.1 Å². The van der Waals surface area contributed by atoms with Gasteiger partial charge in [0.25, 0.3) is 0 Å². The van der Waals surface area contributed by atoms with Crippen molar-refractivity contribution in [1.82, 2.24) is 4.90 Å². The molecular formula is C22H23Br2FN4O3. The van der Waals surface area contributed by atoms with E-state index in [9.17, 15) is 18.8 Å². The number of nitrogen functional groups attached to an aromatic ring is 1. The Kier molecular flexibility index (Phi) is 7.89. The predicted molar refractivity (Wildman–Crippen MR) is 128 cm³/mol. The van der Waals surface area contributed by atoms with Gasteiger partial charge in [0.15, 0.2) is 5.78 Å². The highest BCUT2D eigenvalue weighted by Crippen LogP contribution is 2.30. The van der Waals surface area contributed by atoms with E-state index in [4.69, 9.17) is 11.5 Å². The van der Waals surface area contributed by atoms with Crippen molar-refractivity contribution in [3.63, 3.8) is 0 Å². The lowest BCUT2D eigenvalue weighted by Gasteiger charge is -2.37. The quantitative estimate of drug-likeness (QED) is 0.395. The smallest absolute Gasteiger partial charge is 0.319 e. The number of ketones is 1. The summed E-state index contributed by atoms with van der Waals surface area (Å²) in [4.78, 5) is 40.3. The minimum Gasteiger partial charge on any atom is -0.397 e. The molecule has 3 rings (SSSR count). The molecule has 1 fully saturated rings. The van der Waals surface area contributed by atoms with Gasteiger partial charge < -0.3 is 16.4 Å². The molecule has 4 N–H and O–H groups in total. The first-order valence-corrected chi connectivity index (χ1v) is 11.7. The molecule has 2 aromatic rings. The number of nitrogens with two attached hydrogens (primary N) is 2. The van der Waals surface area contributed by atoms with Crippen LogP contribution in [0.25, 0.3) is 0 Å². The van der Waals surface area contributed by atoms with E-state index in [1.807, 2.05) is 0 Å². The summed E-state index contributed by atoms with van der Waals surface area (Å²) in [5.74, 6) is -0.657. The molecular weight excluding hydrogens is 547 g/mol. The van der Waals surface area contributed by atoms with Gasteiger partial charge in [0, 0.05) is 52.2 Å². The van der Waals surface area contributed by atoms with Crippen LogP contribution in [0.4, 0.5) is 20.6 Å². The number of carbonyl (C=O) groups excluding carboxylic acids is 3. The van der Waals surface area contributed by atoms with Gasteiger partial charge in [-0.2, -0.15) is 0 Å². The predicted octanol–water partition coefficient (Wildman–Crippen LogP) is 4.47. The number of piperidine rings is 1. The first kappa shape index (κ1) is 24.2. The number of halogens is 3. The van der Waals surface area contributed by atoms with Crippen LogP contribution in [0.3, 0.4) is 0 Å². The van der Waals surface area contributed by atoms with Crippen molar-refractivity contribution in [3.8, 4) is 0 Å². The Balaban J connectivity index is 1.55. The van der Waals surface area contributed by atoms with Gasteiger partial charge in [-0.15, -0.1) is 0 Å². The molecule has 0 bridgehead atoms. The SMILES string of the molecule is NC(=O)N(c1ccc(F)cc1)C1CCN(C(=O)CCC(=O)c2cc(Br)c(N)c(Br)c2)CC1. The van der Waals surface area contributed by atoms with Gasteiger partial charge in [-0.1, -0.05) is 0 Å². The van der Waals surface area contributed by atoms with Gasteiger partial charge in [0.05, 0.1) is 5.69 Å². The fraction of sp³-hybridized carbons (Fsp3) is 0.318. The van der Waals surface area contributed by atoms with Crippen LogP contribution in [-0.4, -0.2) is 41.8 Å². The summed E-state index contributed by atoms with van der Waals surface area (Å²) < 4.78 is 14.4. The number of hydrogen-bond acceptors (Lipinski definition) is 4. The lowest BCUT2D eigenvalue weighted by molar-refractivity contribution is -0.132. The number of carbonyl (C=O) groups is 3. The third kappa shape index (κ3) is 5.66. The molecule has 7 nitrogen and oxygen atoms in total. The lowest BCUT2D eigenvalue weighted by atomic mass is 10.0. The van der Waals surface area contributed by atoms with Gasteiger partial charge in [0.1, 0.15) is 5.82 Å². The molecule has 0 atom stereocenters. The van der Waals surface area contributed by atoms with Crippen LogP contribution in [0.15, 0.2) is 45.3 Å². The second-order valence-electron chi connectivity index (χ2n) is 7.57. The molecule has 170 valence electrons. The molecule has 0 unspecified atom stereocenters. The number of amides is 3. The van der Waals surface area contributed by atoms with E-state index >= 15 is 0 Å². The molecule has 0 aromatic heterocycles. The highest BCUT2D eigenvalue weighted by atomic mass is 79.9. The van der Waals surface area contributed by atoms with Gasteiger partial charge in [0.2, 0.25) is 5.91 Å². The highest BCUT2D eigenvalue weighted by Gasteiger charge is 2.30. The molecule has 2 aromatic carbocycles. The summed E-state index contributed by atoms with van der Waals surface area (Å²) in [7, 11) is 0. The fourth-order valence-electron chi connectivity index (χ4n) is 3.76. The zero-order chi connectivity index (χ0) is 23.4. The van der Waals surface area contributed by atoms with Crippen molar-refractivity contribution in [2.45, 2.75) is 31.7 Å². The van der Waals surface area contributed by atoms with Crippen LogP contribution in [0, 0.1) is 5.82 Å². The number of nitrogens with zero attached hydrogens (tertiary/aromatic N) is 2. The summed E-state index contributed by atoms with van der Waals surface area (Å²) in [6.45, 7) is 0.892. The largest absolute Gasteiger partial charge is 0.397 e. The van der Waals surface area contributed by atoms with Gasteiger partial charge >= 0.3 is 6.03 Å². The molecule has 0 spiro atoms. The number of hydrogen-bond donors (Lipinski definition) is 2. The van der Waals surface area contributed by atoms with Crippen molar-refractivity contribution >= 4 is 61.0 Å². The average molecular weight is 570 g/mol. The summed E-state index contributed by atoms with van der Waals surface area (Å²) in [5.41, 5.74) is 12.9. The zero-order valence-electron chi connectivity index (χ0n) is 17.2. The first-order valence-electron chi connectivity index (χ1n) is 10.1. The van der Waals surface area contributed by atoms with Crippen molar-refractivity contribution < 1.29 is 18.8 Å². The maximum absolute atomic E-state index is 13.2. The summed E-state index contributed by atoms with van der Waals surface area (Å²) in [6, 6.07) is 8.06. The Morgan fingerprint density at radius 3 is 2.12 bits per heavy atom. The number of primary amides is 1.